The van der Waals surface area contributed by atoms with Gasteiger partial charge in [-0.05, 0) is 63.1 Å². The number of aromatic nitrogens is 2. The molecule has 9 heteroatoms. The number of hydrogen-bond acceptors (Lipinski definition) is 6. The molecule has 1 unspecified atom stereocenters. The molecule has 35 heavy (non-hydrogen) atoms. The van der Waals surface area contributed by atoms with Crippen LogP contribution in [0.25, 0.3) is 10.9 Å². The molecule has 184 valence electrons. The molecular formula is C26H30N4O4S. The summed E-state index contributed by atoms with van der Waals surface area (Å²) in [6.45, 7) is 6.29. The number of benzene rings is 2. The van der Waals surface area contributed by atoms with E-state index >= 15 is 0 Å². The Kier molecular flexibility index (Phi) is 8.20. The number of anilines is 1. The van der Waals surface area contributed by atoms with E-state index in [1.807, 2.05) is 26.0 Å². The summed E-state index contributed by atoms with van der Waals surface area (Å²) in [5.74, 6) is -0.157. The first kappa shape index (κ1) is 24.9. The van der Waals surface area contributed by atoms with Crippen molar-refractivity contribution < 1.29 is 14.3 Å². The molecule has 1 atom stereocenters. The predicted molar refractivity (Wildman–Crippen MR) is 138 cm³/mol. The fourth-order valence-electron chi connectivity index (χ4n) is 4.13. The molecule has 2 amide bonds. The number of rotatable bonds is 9. The van der Waals surface area contributed by atoms with Crippen LogP contribution in [0.5, 0.6) is 0 Å². The van der Waals surface area contributed by atoms with Gasteiger partial charge >= 0.3 is 0 Å². The second-order valence-electron chi connectivity index (χ2n) is 8.35. The summed E-state index contributed by atoms with van der Waals surface area (Å²) in [5, 5.41) is 3.91. The topological polar surface area (TPSA) is 93.5 Å². The third-order valence-electron chi connectivity index (χ3n) is 6.04. The Balaban J connectivity index is 1.45. The zero-order chi connectivity index (χ0) is 24.8. The van der Waals surface area contributed by atoms with E-state index in [2.05, 4.69) is 10.3 Å². The summed E-state index contributed by atoms with van der Waals surface area (Å²) < 4.78 is 7.36. The second kappa shape index (κ2) is 11.5. The Labute approximate surface area is 208 Å². The van der Waals surface area contributed by atoms with Crippen LogP contribution in [0, 0.1) is 0 Å². The number of nitrogens with zero attached hydrogens (tertiary/aromatic N) is 3. The van der Waals surface area contributed by atoms with Crippen LogP contribution >= 0.6 is 11.8 Å². The standard InChI is InChI=1S/C26H30N4O4S/c1-3-29(4-2)24(32)18-11-13-19(14-12-18)27-23(31)17-35-26-28-22-10-6-5-9-21(22)25(33)30(26)16-20-8-7-15-34-20/h5-6,9-14,20H,3-4,7-8,15-17H2,1-2H3,(H,27,31). The van der Waals surface area contributed by atoms with E-state index in [1.54, 1.807) is 45.9 Å². The lowest BCUT2D eigenvalue weighted by atomic mass is 10.2. The van der Waals surface area contributed by atoms with Crippen LogP contribution in [0.2, 0.25) is 0 Å². The van der Waals surface area contributed by atoms with Crippen LogP contribution in [-0.4, -0.2) is 57.8 Å². The van der Waals surface area contributed by atoms with Crippen molar-refractivity contribution in [1.29, 1.82) is 0 Å². The Morgan fingerprint density at radius 1 is 1.14 bits per heavy atom. The first-order valence-corrected chi connectivity index (χ1v) is 12.9. The Hall–Kier alpha value is -3.17. The largest absolute Gasteiger partial charge is 0.376 e. The van der Waals surface area contributed by atoms with E-state index in [1.165, 1.54) is 11.8 Å². The number of carbonyl (C=O) groups is 2. The summed E-state index contributed by atoms with van der Waals surface area (Å²) in [4.78, 5) is 44.7. The number of fused-ring (bicyclic) bond motifs is 1. The van der Waals surface area contributed by atoms with Crippen molar-refractivity contribution in [2.45, 2.75) is 44.5 Å². The van der Waals surface area contributed by atoms with Gasteiger partial charge in [0.15, 0.2) is 5.16 Å². The minimum Gasteiger partial charge on any atom is -0.376 e. The average Bonchev–Trinajstić information content (AvgIpc) is 3.39. The molecule has 1 aliphatic heterocycles. The SMILES string of the molecule is CCN(CC)C(=O)c1ccc(NC(=O)CSc2nc3ccccc3c(=O)n2CC2CCCO2)cc1. The van der Waals surface area contributed by atoms with Crippen LogP contribution in [0.3, 0.4) is 0 Å². The molecule has 1 saturated heterocycles. The molecule has 0 radical (unpaired) electrons. The molecule has 1 aliphatic rings. The fourth-order valence-corrected chi connectivity index (χ4v) is 4.94. The van der Waals surface area contributed by atoms with Gasteiger partial charge in [0.2, 0.25) is 5.91 Å². The number of hydrogen-bond donors (Lipinski definition) is 1. The zero-order valence-corrected chi connectivity index (χ0v) is 20.8. The molecule has 1 N–H and O–H groups in total. The molecule has 1 aromatic heterocycles. The van der Waals surface area contributed by atoms with Crippen LogP contribution in [0.1, 0.15) is 37.0 Å². The minimum absolute atomic E-state index is 0.0265. The van der Waals surface area contributed by atoms with E-state index in [-0.39, 0.29) is 29.2 Å². The van der Waals surface area contributed by atoms with E-state index in [4.69, 9.17) is 4.74 Å². The van der Waals surface area contributed by atoms with Crippen LogP contribution in [0.15, 0.2) is 58.5 Å². The van der Waals surface area contributed by atoms with Gasteiger partial charge in [0, 0.05) is 30.9 Å². The first-order chi connectivity index (χ1) is 17.0. The van der Waals surface area contributed by atoms with Crippen molar-refractivity contribution in [3.63, 3.8) is 0 Å². The van der Waals surface area contributed by atoms with Crippen LogP contribution in [0.4, 0.5) is 5.69 Å². The van der Waals surface area contributed by atoms with Gasteiger partial charge in [-0.15, -0.1) is 0 Å². The van der Waals surface area contributed by atoms with Gasteiger partial charge in [-0.25, -0.2) is 4.98 Å². The van der Waals surface area contributed by atoms with Gasteiger partial charge in [0.1, 0.15) is 0 Å². The zero-order valence-electron chi connectivity index (χ0n) is 20.0. The molecule has 8 nitrogen and oxygen atoms in total. The Morgan fingerprint density at radius 3 is 2.57 bits per heavy atom. The molecular weight excluding hydrogens is 464 g/mol. The fraction of sp³-hybridized carbons (Fsp3) is 0.385. The highest BCUT2D eigenvalue weighted by Gasteiger charge is 2.21. The average molecular weight is 495 g/mol. The molecule has 4 rings (SSSR count). The molecule has 2 heterocycles. The lowest BCUT2D eigenvalue weighted by Crippen LogP contribution is -2.30. The molecule has 0 spiro atoms. The number of nitrogens with one attached hydrogen (secondary N) is 1. The molecule has 0 aliphatic carbocycles. The van der Waals surface area contributed by atoms with Crippen molar-refractivity contribution in [3.8, 4) is 0 Å². The van der Waals surface area contributed by atoms with Gasteiger partial charge in [0.05, 0.1) is 29.3 Å². The van der Waals surface area contributed by atoms with E-state index in [9.17, 15) is 14.4 Å². The summed E-state index contributed by atoms with van der Waals surface area (Å²) in [6, 6.07) is 14.1. The number of carbonyl (C=O) groups excluding carboxylic acids is 2. The van der Waals surface area contributed by atoms with Gasteiger partial charge in [0.25, 0.3) is 11.5 Å². The second-order valence-corrected chi connectivity index (χ2v) is 9.30. The van der Waals surface area contributed by atoms with Gasteiger partial charge in [-0.1, -0.05) is 23.9 Å². The van der Waals surface area contributed by atoms with Crippen molar-refractivity contribution in [1.82, 2.24) is 14.5 Å². The van der Waals surface area contributed by atoms with E-state index < -0.39 is 0 Å². The predicted octanol–water partition coefficient (Wildman–Crippen LogP) is 3.79. The van der Waals surface area contributed by atoms with Crippen molar-refractivity contribution in [2.24, 2.45) is 0 Å². The van der Waals surface area contributed by atoms with Gasteiger partial charge in [-0.2, -0.15) is 0 Å². The number of thioether (sulfide) groups is 1. The van der Waals surface area contributed by atoms with Crippen molar-refractivity contribution in [3.05, 3.63) is 64.4 Å². The molecule has 1 fully saturated rings. The normalized spacial score (nSPS) is 15.3. The van der Waals surface area contributed by atoms with Crippen LogP contribution < -0.4 is 10.9 Å². The highest BCUT2D eigenvalue weighted by Crippen LogP contribution is 2.21. The Morgan fingerprint density at radius 2 is 1.89 bits per heavy atom. The molecule has 0 bridgehead atoms. The maximum atomic E-state index is 13.2. The lowest BCUT2D eigenvalue weighted by molar-refractivity contribution is -0.113. The molecule has 0 saturated carbocycles. The van der Waals surface area contributed by atoms with Gasteiger partial charge in [-0.3, -0.25) is 19.0 Å². The number of amides is 2. The minimum atomic E-state index is -0.219. The van der Waals surface area contributed by atoms with E-state index in [0.29, 0.717) is 53.6 Å². The first-order valence-electron chi connectivity index (χ1n) is 11.9. The molecule has 3 aromatic rings. The van der Waals surface area contributed by atoms with Crippen LogP contribution in [-0.2, 0) is 16.1 Å². The highest BCUT2D eigenvalue weighted by atomic mass is 32.2. The smallest absolute Gasteiger partial charge is 0.262 e. The summed E-state index contributed by atoms with van der Waals surface area (Å²) in [5.41, 5.74) is 1.68. The monoisotopic (exact) mass is 494 g/mol. The molecule has 2 aromatic carbocycles. The summed E-state index contributed by atoms with van der Waals surface area (Å²) in [6.07, 6.45) is 1.85. The van der Waals surface area contributed by atoms with Crippen molar-refractivity contribution in [2.75, 3.05) is 30.8 Å². The third kappa shape index (κ3) is 5.91. The maximum Gasteiger partial charge on any atom is 0.262 e. The van der Waals surface area contributed by atoms with Crippen molar-refractivity contribution >= 4 is 40.2 Å². The van der Waals surface area contributed by atoms with Gasteiger partial charge < -0.3 is 15.0 Å². The quantitative estimate of drug-likeness (QED) is 0.359. The number of ether oxygens (including phenoxy) is 1. The maximum absolute atomic E-state index is 13.2. The highest BCUT2D eigenvalue weighted by molar-refractivity contribution is 7.99. The lowest BCUT2D eigenvalue weighted by Gasteiger charge is -2.18. The summed E-state index contributed by atoms with van der Waals surface area (Å²) in [7, 11) is 0. The van der Waals surface area contributed by atoms with E-state index in [0.717, 1.165) is 12.8 Å². The summed E-state index contributed by atoms with van der Waals surface area (Å²) >= 11 is 1.23. The Bertz CT molecular complexity index is 1250. The third-order valence-corrected chi connectivity index (χ3v) is 7.01. The number of para-hydroxylation sites is 1.